The molecule has 1 amide bonds. The van der Waals surface area contributed by atoms with E-state index in [-0.39, 0.29) is 17.7 Å². The maximum Gasteiger partial charge on any atom is 0.417 e. The van der Waals surface area contributed by atoms with E-state index >= 15 is 0 Å². The second kappa shape index (κ2) is 8.31. The first kappa shape index (κ1) is 25.6. The summed E-state index contributed by atoms with van der Waals surface area (Å²) in [5, 5.41) is 24.3. The summed E-state index contributed by atoms with van der Waals surface area (Å²) < 4.78 is 74.4. The van der Waals surface area contributed by atoms with Crippen LogP contribution in [-0.2, 0) is 30.3 Å². The molecule has 0 aliphatic heterocycles. The van der Waals surface area contributed by atoms with E-state index in [0.29, 0.717) is 6.07 Å². The van der Waals surface area contributed by atoms with Crippen molar-refractivity contribution in [2.75, 3.05) is 7.11 Å². The number of aromatic amines is 1. The lowest BCUT2D eigenvalue weighted by molar-refractivity contribution is -0.159. The number of carboxylic acids is 1. The van der Waals surface area contributed by atoms with E-state index in [1.807, 2.05) is 0 Å². The summed E-state index contributed by atoms with van der Waals surface area (Å²) in [7, 11) is -3.61. The molecule has 192 valence electrons. The minimum Gasteiger partial charge on any atom is -0.481 e. The number of nitriles is 1. The minimum absolute atomic E-state index is 0.0295. The molecule has 4 rings (SSSR count). The van der Waals surface area contributed by atoms with E-state index in [1.54, 1.807) is 6.07 Å². The number of primary amides is 1. The molecule has 0 saturated heterocycles. The Morgan fingerprint density at radius 3 is 2.47 bits per heavy atom. The van der Waals surface area contributed by atoms with Gasteiger partial charge in [-0.05, 0) is 37.5 Å². The summed E-state index contributed by atoms with van der Waals surface area (Å²) >= 11 is 0. The zero-order valence-corrected chi connectivity index (χ0v) is 19.6. The fraction of sp³-hybridized carbons (Fsp3) is 0.455. The highest BCUT2D eigenvalue weighted by Crippen LogP contribution is 2.66. The number of rotatable bonds is 7. The van der Waals surface area contributed by atoms with Crippen molar-refractivity contribution in [3.63, 3.8) is 0 Å². The van der Waals surface area contributed by atoms with Crippen molar-refractivity contribution in [3.05, 3.63) is 36.0 Å². The molecule has 10 nitrogen and oxygen atoms in total. The van der Waals surface area contributed by atoms with Gasteiger partial charge in [0.25, 0.3) is 0 Å². The number of nitrogens with one attached hydrogen (secondary N) is 1. The van der Waals surface area contributed by atoms with Crippen LogP contribution in [0.4, 0.5) is 13.2 Å². The van der Waals surface area contributed by atoms with Gasteiger partial charge in [-0.25, -0.2) is 8.42 Å². The van der Waals surface area contributed by atoms with Crippen molar-refractivity contribution in [2.45, 2.75) is 41.7 Å². The number of aliphatic carboxylic acids is 1. The van der Waals surface area contributed by atoms with E-state index < -0.39 is 79.3 Å². The fourth-order valence-electron chi connectivity index (χ4n) is 5.42. The lowest BCUT2D eigenvalue weighted by Crippen LogP contribution is -2.44. The van der Waals surface area contributed by atoms with Crippen molar-refractivity contribution in [3.8, 4) is 17.3 Å². The standard InChI is InChI=1S/C22H21F3N4O6S/c1-35-17-7-12(8-21(17,19(31)32)16-9-20(16,10-26)18(27)30)36(33,34)15-3-2-11(14-4-5-28-29-14)6-13(15)22(23,24)25/h2-6,12,16-17H,7-9H2,1H3,(H2,27,30)(H,28,29)(H,31,32)/t12-,16?,17+,20?,21+/m1/s1. The fourth-order valence-corrected chi connectivity index (χ4v) is 7.44. The Morgan fingerprint density at radius 1 is 1.31 bits per heavy atom. The number of methoxy groups -OCH3 is 1. The molecule has 0 radical (unpaired) electrons. The molecule has 14 heteroatoms. The van der Waals surface area contributed by atoms with Crippen molar-refractivity contribution < 1.29 is 41.0 Å². The SMILES string of the molecule is CO[C@H]1C[C@@H](S(=O)(=O)c2ccc(-c3cc[nH]n3)cc2C(F)(F)F)C[C@]1(C(=O)O)C1CC1(C#N)C(N)=O. The molecule has 1 aromatic carbocycles. The summed E-state index contributed by atoms with van der Waals surface area (Å²) in [6, 6.07) is 5.83. The largest absolute Gasteiger partial charge is 0.481 e. The summed E-state index contributed by atoms with van der Waals surface area (Å²) in [6.07, 6.45) is -6.25. The first-order valence-electron chi connectivity index (χ1n) is 10.7. The topological polar surface area (TPSA) is 176 Å². The number of halogens is 3. The summed E-state index contributed by atoms with van der Waals surface area (Å²) in [4.78, 5) is 23.4. The van der Waals surface area contributed by atoms with E-state index in [9.17, 15) is 41.5 Å². The summed E-state index contributed by atoms with van der Waals surface area (Å²) in [5.74, 6) is -3.72. The Balaban J connectivity index is 1.79. The molecule has 4 N–H and O–H groups in total. The summed E-state index contributed by atoms with van der Waals surface area (Å²) in [6.45, 7) is 0. The molecular weight excluding hydrogens is 505 g/mol. The van der Waals surface area contributed by atoms with Gasteiger partial charge < -0.3 is 15.6 Å². The third-order valence-corrected chi connectivity index (χ3v) is 9.55. The number of alkyl halides is 3. The number of nitrogens with zero attached hydrogens (tertiary/aromatic N) is 2. The molecule has 2 unspecified atom stereocenters. The Hall–Kier alpha value is -3.44. The van der Waals surface area contributed by atoms with Gasteiger partial charge in [0, 0.05) is 24.8 Å². The molecule has 2 aliphatic carbocycles. The second-order valence-corrected chi connectivity index (χ2v) is 11.2. The highest BCUT2D eigenvalue weighted by molar-refractivity contribution is 7.92. The van der Waals surface area contributed by atoms with Crippen molar-refractivity contribution in [2.24, 2.45) is 22.5 Å². The normalized spacial score (nSPS) is 30.0. The van der Waals surface area contributed by atoms with Crippen LogP contribution in [0.3, 0.4) is 0 Å². The van der Waals surface area contributed by atoms with Gasteiger partial charge in [-0.3, -0.25) is 14.7 Å². The average Bonchev–Trinajstić information content (AvgIpc) is 3.16. The van der Waals surface area contributed by atoms with Crippen LogP contribution in [0.2, 0.25) is 0 Å². The lowest BCUT2D eigenvalue weighted by atomic mass is 9.75. The number of H-pyrrole nitrogens is 1. The number of hydrogen-bond acceptors (Lipinski definition) is 7. The van der Waals surface area contributed by atoms with E-state index in [0.717, 1.165) is 13.2 Å². The molecule has 2 saturated carbocycles. The molecule has 1 aromatic heterocycles. The number of nitrogens with two attached hydrogens (primary N) is 1. The highest BCUT2D eigenvalue weighted by Gasteiger charge is 2.75. The number of carboxylic acid groups (broad SMARTS) is 1. The van der Waals surface area contributed by atoms with E-state index in [2.05, 4.69) is 10.2 Å². The van der Waals surface area contributed by atoms with Gasteiger partial charge in [-0.1, -0.05) is 6.07 Å². The Bertz CT molecular complexity index is 1370. The van der Waals surface area contributed by atoms with E-state index in [4.69, 9.17) is 10.5 Å². The molecule has 0 bridgehead atoms. The number of sulfone groups is 1. The Morgan fingerprint density at radius 2 is 2.00 bits per heavy atom. The van der Waals surface area contributed by atoms with Crippen molar-refractivity contribution in [1.82, 2.24) is 10.2 Å². The van der Waals surface area contributed by atoms with Gasteiger partial charge in [0.1, 0.15) is 10.8 Å². The Kier molecular flexibility index (Phi) is 5.92. The average molecular weight is 526 g/mol. The predicted octanol–water partition coefficient (Wildman–Crippen LogP) is 2.13. The van der Waals surface area contributed by atoms with Gasteiger partial charge in [-0.15, -0.1) is 0 Å². The second-order valence-electron chi connectivity index (χ2n) is 9.05. The van der Waals surface area contributed by atoms with Crippen LogP contribution in [-0.4, -0.2) is 54.1 Å². The number of benzene rings is 1. The number of ether oxygens (including phenoxy) is 1. The van der Waals surface area contributed by atoms with Gasteiger partial charge in [0.15, 0.2) is 9.84 Å². The van der Waals surface area contributed by atoms with Crippen LogP contribution < -0.4 is 5.73 Å². The maximum absolute atomic E-state index is 14.0. The quantitative estimate of drug-likeness (QED) is 0.491. The molecule has 2 aromatic rings. The minimum atomic E-state index is -5.05. The molecule has 36 heavy (non-hydrogen) atoms. The summed E-state index contributed by atoms with van der Waals surface area (Å²) in [5.41, 5.74) is 0.284. The van der Waals surface area contributed by atoms with E-state index in [1.165, 1.54) is 18.3 Å². The Labute approximate surface area is 203 Å². The molecule has 5 atom stereocenters. The van der Waals surface area contributed by atoms with Crippen LogP contribution in [0.25, 0.3) is 11.3 Å². The smallest absolute Gasteiger partial charge is 0.417 e. The number of amides is 1. The van der Waals surface area contributed by atoms with Gasteiger partial charge >= 0.3 is 12.1 Å². The van der Waals surface area contributed by atoms with Crippen LogP contribution in [0, 0.1) is 28.1 Å². The third kappa shape index (κ3) is 3.65. The monoisotopic (exact) mass is 526 g/mol. The lowest BCUT2D eigenvalue weighted by Gasteiger charge is -2.31. The van der Waals surface area contributed by atoms with Crippen LogP contribution >= 0.6 is 0 Å². The highest BCUT2D eigenvalue weighted by atomic mass is 32.2. The zero-order chi connectivity index (χ0) is 26.7. The zero-order valence-electron chi connectivity index (χ0n) is 18.7. The number of carbonyl (C=O) groups excluding carboxylic acids is 1. The van der Waals surface area contributed by atoms with Crippen molar-refractivity contribution >= 4 is 21.7 Å². The van der Waals surface area contributed by atoms with Crippen molar-refractivity contribution in [1.29, 1.82) is 5.26 Å². The first-order chi connectivity index (χ1) is 16.8. The van der Waals surface area contributed by atoms with Crippen LogP contribution in [0.5, 0.6) is 0 Å². The van der Waals surface area contributed by atoms with Gasteiger partial charge in [-0.2, -0.15) is 23.5 Å². The third-order valence-electron chi connectivity index (χ3n) is 7.35. The number of hydrogen-bond donors (Lipinski definition) is 3. The number of aromatic nitrogens is 2. The molecular formula is C22H21F3N4O6S. The van der Waals surface area contributed by atoms with Crippen LogP contribution in [0.1, 0.15) is 24.8 Å². The van der Waals surface area contributed by atoms with Gasteiger partial charge in [0.05, 0.1) is 33.6 Å². The predicted molar refractivity (Wildman–Crippen MR) is 115 cm³/mol. The molecule has 2 fully saturated rings. The molecule has 0 spiro atoms. The maximum atomic E-state index is 14.0. The van der Waals surface area contributed by atoms with Crippen LogP contribution in [0.15, 0.2) is 35.4 Å². The first-order valence-corrected chi connectivity index (χ1v) is 12.2. The molecule has 2 aliphatic rings. The van der Waals surface area contributed by atoms with Gasteiger partial charge in [0.2, 0.25) is 5.91 Å². The molecule has 1 heterocycles. The number of carbonyl (C=O) groups is 2.